The van der Waals surface area contributed by atoms with E-state index in [0.29, 0.717) is 32.6 Å². The maximum atomic E-state index is 13.2. The molecule has 8 nitrogen and oxygen atoms in total. The molecule has 184 valence electrons. The SMILES string of the molecule is CCC(CC)C(=O)N1CCC(NC(=O)N2CCCN(S(=O)(=O)c3ccc(F)cc3)CC2)CC1. The number of hydrogen-bond donors (Lipinski definition) is 1. The van der Waals surface area contributed by atoms with Gasteiger partial charge in [0, 0.05) is 51.2 Å². The zero-order valence-electron chi connectivity index (χ0n) is 19.5. The molecular formula is C23H35FN4O4S. The molecule has 0 spiro atoms. The number of carbonyl (C=O) groups is 2. The molecule has 2 fully saturated rings. The molecular weight excluding hydrogens is 447 g/mol. The van der Waals surface area contributed by atoms with Crippen molar-refractivity contribution in [2.75, 3.05) is 39.3 Å². The van der Waals surface area contributed by atoms with Gasteiger partial charge < -0.3 is 15.1 Å². The lowest BCUT2D eigenvalue weighted by atomic mass is 9.98. The molecule has 2 aliphatic heterocycles. The second-order valence-electron chi connectivity index (χ2n) is 8.76. The summed E-state index contributed by atoms with van der Waals surface area (Å²) in [5.74, 6) is -0.208. The lowest BCUT2D eigenvalue weighted by Gasteiger charge is -2.35. The van der Waals surface area contributed by atoms with Gasteiger partial charge in [0.1, 0.15) is 5.82 Å². The van der Waals surface area contributed by atoms with E-state index in [1.54, 1.807) is 4.90 Å². The first-order chi connectivity index (χ1) is 15.8. The number of nitrogens with one attached hydrogen (secondary N) is 1. The quantitative estimate of drug-likeness (QED) is 0.675. The number of urea groups is 1. The van der Waals surface area contributed by atoms with Crippen LogP contribution in [0.25, 0.3) is 0 Å². The zero-order valence-corrected chi connectivity index (χ0v) is 20.3. The smallest absolute Gasteiger partial charge is 0.317 e. The maximum absolute atomic E-state index is 13.2. The first kappa shape index (κ1) is 25.4. The van der Waals surface area contributed by atoms with Gasteiger partial charge in [-0.05, 0) is 56.4 Å². The highest BCUT2D eigenvalue weighted by molar-refractivity contribution is 7.89. The van der Waals surface area contributed by atoms with Crippen LogP contribution in [0.3, 0.4) is 0 Å². The summed E-state index contributed by atoms with van der Waals surface area (Å²) < 4.78 is 40.3. The Kier molecular flexibility index (Phi) is 8.69. The molecule has 0 aromatic heterocycles. The van der Waals surface area contributed by atoms with Crippen molar-refractivity contribution in [1.82, 2.24) is 19.4 Å². The summed E-state index contributed by atoms with van der Waals surface area (Å²) >= 11 is 0. The minimum absolute atomic E-state index is 0.00515. The minimum Gasteiger partial charge on any atom is -0.342 e. The van der Waals surface area contributed by atoms with E-state index in [0.717, 1.165) is 37.8 Å². The lowest BCUT2D eigenvalue weighted by molar-refractivity contribution is -0.136. The lowest BCUT2D eigenvalue weighted by Crippen LogP contribution is -2.51. The van der Waals surface area contributed by atoms with E-state index in [2.05, 4.69) is 5.32 Å². The molecule has 0 bridgehead atoms. The van der Waals surface area contributed by atoms with Gasteiger partial charge in [-0.1, -0.05) is 13.8 Å². The van der Waals surface area contributed by atoms with Crippen molar-refractivity contribution in [2.24, 2.45) is 5.92 Å². The molecule has 2 saturated heterocycles. The van der Waals surface area contributed by atoms with E-state index in [-0.39, 0.29) is 41.9 Å². The van der Waals surface area contributed by atoms with Crippen molar-refractivity contribution in [3.63, 3.8) is 0 Å². The third-order valence-electron chi connectivity index (χ3n) is 6.66. The normalized spacial score (nSPS) is 18.9. The Balaban J connectivity index is 1.50. The number of piperidine rings is 1. The molecule has 0 aliphatic carbocycles. The molecule has 2 heterocycles. The Hall–Kier alpha value is -2.20. The Morgan fingerprint density at radius 1 is 0.970 bits per heavy atom. The topological polar surface area (TPSA) is 90.0 Å². The largest absolute Gasteiger partial charge is 0.342 e. The van der Waals surface area contributed by atoms with Crippen LogP contribution in [0, 0.1) is 11.7 Å². The first-order valence-electron chi connectivity index (χ1n) is 11.9. The molecule has 1 aromatic carbocycles. The van der Waals surface area contributed by atoms with Crippen molar-refractivity contribution >= 4 is 22.0 Å². The van der Waals surface area contributed by atoms with E-state index < -0.39 is 15.8 Å². The van der Waals surface area contributed by atoms with E-state index in [1.807, 2.05) is 18.7 Å². The van der Waals surface area contributed by atoms with Gasteiger partial charge in [-0.25, -0.2) is 17.6 Å². The number of hydrogen-bond acceptors (Lipinski definition) is 4. The number of likely N-dealkylation sites (tertiary alicyclic amines) is 1. The van der Waals surface area contributed by atoms with Crippen LogP contribution < -0.4 is 5.32 Å². The van der Waals surface area contributed by atoms with Crippen molar-refractivity contribution < 1.29 is 22.4 Å². The van der Waals surface area contributed by atoms with Crippen LogP contribution in [0.5, 0.6) is 0 Å². The van der Waals surface area contributed by atoms with E-state index in [1.165, 1.54) is 16.4 Å². The molecule has 0 atom stereocenters. The van der Waals surface area contributed by atoms with Gasteiger partial charge in [-0.3, -0.25) is 4.79 Å². The van der Waals surface area contributed by atoms with Gasteiger partial charge in [0.2, 0.25) is 15.9 Å². The molecule has 10 heteroatoms. The fourth-order valence-corrected chi connectivity index (χ4v) is 5.97. The van der Waals surface area contributed by atoms with Crippen LogP contribution in [0.2, 0.25) is 0 Å². The molecule has 33 heavy (non-hydrogen) atoms. The highest BCUT2D eigenvalue weighted by atomic mass is 32.2. The number of benzene rings is 1. The summed E-state index contributed by atoms with van der Waals surface area (Å²) in [6.07, 6.45) is 3.65. The number of carbonyl (C=O) groups excluding carboxylic acids is 2. The van der Waals surface area contributed by atoms with Gasteiger partial charge in [-0.2, -0.15) is 4.31 Å². The molecule has 0 saturated carbocycles. The predicted octanol–water partition coefficient (Wildman–Crippen LogP) is 2.66. The van der Waals surface area contributed by atoms with Crippen LogP contribution in [-0.2, 0) is 14.8 Å². The van der Waals surface area contributed by atoms with Crippen molar-refractivity contribution in [1.29, 1.82) is 0 Å². The average Bonchev–Trinajstić information content (AvgIpc) is 3.08. The monoisotopic (exact) mass is 482 g/mol. The molecule has 0 unspecified atom stereocenters. The van der Waals surface area contributed by atoms with Gasteiger partial charge in [0.05, 0.1) is 4.90 Å². The maximum Gasteiger partial charge on any atom is 0.317 e. The van der Waals surface area contributed by atoms with Gasteiger partial charge in [0.15, 0.2) is 0 Å². The summed E-state index contributed by atoms with van der Waals surface area (Å²) in [4.78, 5) is 29.0. The Bertz CT molecular complexity index is 913. The molecule has 0 radical (unpaired) electrons. The van der Waals surface area contributed by atoms with Crippen LogP contribution in [-0.4, -0.2) is 79.8 Å². The summed E-state index contributed by atoms with van der Waals surface area (Å²) in [5, 5.41) is 3.06. The minimum atomic E-state index is -3.73. The van der Waals surface area contributed by atoms with Gasteiger partial charge in [-0.15, -0.1) is 0 Å². The number of rotatable bonds is 6. The second kappa shape index (κ2) is 11.3. The molecule has 3 amide bonds. The fourth-order valence-electron chi connectivity index (χ4n) is 4.50. The molecule has 1 N–H and O–H groups in total. The number of amides is 3. The van der Waals surface area contributed by atoms with Crippen LogP contribution in [0.1, 0.15) is 46.0 Å². The Labute approximate surface area is 196 Å². The zero-order chi connectivity index (χ0) is 24.0. The van der Waals surface area contributed by atoms with Crippen molar-refractivity contribution in [3.8, 4) is 0 Å². The summed E-state index contributed by atoms with van der Waals surface area (Å²) in [7, 11) is -3.73. The van der Waals surface area contributed by atoms with Gasteiger partial charge >= 0.3 is 6.03 Å². The van der Waals surface area contributed by atoms with Gasteiger partial charge in [0.25, 0.3) is 0 Å². The number of sulfonamides is 1. The van der Waals surface area contributed by atoms with E-state index >= 15 is 0 Å². The summed E-state index contributed by atoms with van der Waals surface area (Å²) in [6, 6.07) is 4.61. The Morgan fingerprint density at radius 2 is 1.61 bits per heavy atom. The van der Waals surface area contributed by atoms with Crippen LogP contribution in [0.4, 0.5) is 9.18 Å². The number of nitrogens with zero attached hydrogens (tertiary/aromatic N) is 3. The standard InChI is InChI=1S/C23H35FN4O4S/c1-3-18(4-2)22(29)26-14-10-20(11-15-26)25-23(30)27-12-5-13-28(17-16-27)33(31,32)21-8-6-19(24)7-9-21/h6-9,18,20H,3-5,10-17H2,1-2H3,(H,25,30). The average molecular weight is 483 g/mol. The summed E-state index contributed by atoms with van der Waals surface area (Å²) in [5.41, 5.74) is 0. The summed E-state index contributed by atoms with van der Waals surface area (Å²) in [6.45, 7) is 6.60. The van der Waals surface area contributed by atoms with E-state index in [9.17, 15) is 22.4 Å². The third kappa shape index (κ3) is 6.23. The fraction of sp³-hybridized carbons (Fsp3) is 0.652. The highest BCUT2D eigenvalue weighted by Gasteiger charge is 2.31. The van der Waals surface area contributed by atoms with Crippen molar-refractivity contribution in [3.05, 3.63) is 30.1 Å². The highest BCUT2D eigenvalue weighted by Crippen LogP contribution is 2.20. The molecule has 1 aromatic rings. The predicted molar refractivity (Wildman–Crippen MR) is 124 cm³/mol. The second-order valence-corrected chi connectivity index (χ2v) is 10.7. The third-order valence-corrected chi connectivity index (χ3v) is 8.58. The van der Waals surface area contributed by atoms with E-state index in [4.69, 9.17) is 0 Å². The Morgan fingerprint density at radius 3 is 2.21 bits per heavy atom. The number of halogens is 1. The van der Waals surface area contributed by atoms with Crippen molar-refractivity contribution in [2.45, 2.75) is 56.9 Å². The van der Waals surface area contributed by atoms with Crippen LogP contribution >= 0.6 is 0 Å². The molecule has 2 aliphatic rings. The first-order valence-corrected chi connectivity index (χ1v) is 13.3. The van der Waals surface area contributed by atoms with Crippen LogP contribution in [0.15, 0.2) is 29.2 Å². The molecule has 3 rings (SSSR count).